The molecule has 0 aliphatic rings. The second-order valence-corrected chi connectivity index (χ2v) is 5.35. The van der Waals surface area contributed by atoms with E-state index in [4.69, 9.17) is 4.74 Å². The molecular formula is C13H26O3. The van der Waals surface area contributed by atoms with Crippen LogP contribution in [0.3, 0.4) is 0 Å². The van der Waals surface area contributed by atoms with Crippen molar-refractivity contribution in [3.63, 3.8) is 0 Å². The first kappa shape index (κ1) is 15.4. The first-order chi connectivity index (χ1) is 7.38. The van der Waals surface area contributed by atoms with E-state index < -0.39 is 11.5 Å². The number of rotatable bonds is 7. The molecular weight excluding hydrogens is 204 g/mol. The van der Waals surface area contributed by atoms with Gasteiger partial charge in [0, 0.05) is 0 Å². The van der Waals surface area contributed by atoms with Crippen LogP contribution in [0.25, 0.3) is 0 Å². The van der Waals surface area contributed by atoms with E-state index in [1.54, 1.807) is 0 Å². The lowest BCUT2D eigenvalue weighted by Gasteiger charge is -2.18. The zero-order chi connectivity index (χ0) is 12.6. The first-order valence-corrected chi connectivity index (χ1v) is 6.23. The maximum Gasteiger partial charge on any atom is 0.311 e. The summed E-state index contributed by atoms with van der Waals surface area (Å²) in [6.45, 7) is 7.71. The fourth-order valence-electron chi connectivity index (χ4n) is 1.28. The molecule has 3 heteroatoms. The highest BCUT2D eigenvalue weighted by Crippen LogP contribution is 2.15. The van der Waals surface area contributed by atoms with Crippen LogP contribution in [0, 0.1) is 5.41 Å². The third-order valence-electron chi connectivity index (χ3n) is 2.41. The van der Waals surface area contributed by atoms with Gasteiger partial charge in [-0.25, -0.2) is 0 Å². The molecule has 96 valence electrons. The van der Waals surface area contributed by atoms with Gasteiger partial charge in [-0.3, -0.25) is 4.79 Å². The predicted octanol–water partition coefficient (Wildman–Crippen LogP) is 2.91. The zero-order valence-corrected chi connectivity index (χ0v) is 11.1. The SMILES string of the molecule is CCCCCCC(O)COC(=O)C(C)(C)C. The number of carbonyl (C=O) groups is 1. The number of aliphatic hydroxyl groups is 1. The summed E-state index contributed by atoms with van der Waals surface area (Å²) >= 11 is 0. The van der Waals surface area contributed by atoms with Crippen molar-refractivity contribution in [1.82, 2.24) is 0 Å². The van der Waals surface area contributed by atoms with Gasteiger partial charge in [0.2, 0.25) is 0 Å². The number of carbonyl (C=O) groups excluding carboxylic acids is 1. The fraction of sp³-hybridized carbons (Fsp3) is 0.923. The summed E-state index contributed by atoms with van der Waals surface area (Å²) in [5, 5.41) is 9.59. The van der Waals surface area contributed by atoms with Crippen molar-refractivity contribution in [2.75, 3.05) is 6.61 Å². The van der Waals surface area contributed by atoms with E-state index in [9.17, 15) is 9.90 Å². The maximum atomic E-state index is 11.4. The van der Waals surface area contributed by atoms with Crippen molar-refractivity contribution < 1.29 is 14.6 Å². The Labute approximate surface area is 99.2 Å². The molecule has 1 unspecified atom stereocenters. The summed E-state index contributed by atoms with van der Waals surface area (Å²) in [5.74, 6) is -0.250. The van der Waals surface area contributed by atoms with Crippen molar-refractivity contribution in [3.8, 4) is 0 Å². The molecule has 0 aliphatic heterocycles. The third kappa shape index (κ3) is 7.69. The number of hydrogen-bond acceptors (Lipinski definition) is 3. The molecule has 0 radical (unpaired) electrons. The average molecular weight is 230 g/mol. The van der Waals surface area contributed by atoms with Gasteiger partial charge in [0.15, 0.2) is 0 Å². The molecule has 0 saturated heterocycles. The van der Waals surface area contributed by atoms with Crippen LogP contribution in [-0.4, -0.2) is 23.8 Å². The first-order valence-electron chi connectivity index (χ1n) is 6.23. The van der Waals surface area contributed by atoms with Crippen LogP contribution >= 0.6 is 0 Å². The van der Waals surface area contributed by atoms with E-state index in [0.717, 1.165) is 19.3 Å². The van der Waals surface area contributed by atoms with Crippen molar-refractivity contribution >= 4 is 5.97 Å². The second-order valence-electron chi connectivity index (χ2n) is 5.35. The normalized spacial score (nSPS) is 13.6. The number of esters is 1. The Kier molecular flexibility index (Phi) is 7.39. The maximum absolute atomic E-state index is 11.4. The van der Waals surface area contributed by atoms with Crippen LogP contribution < -0.4 is 0 Å². The lowest BCUT2D eigenvalue weighted by atomic mass is 9.97. The molecule has 1 N–H and O–H groups in total. The van der Waals surface area contributed by atoms with Gasteiger partial charge in [-0.1, -0.05) is 32.6 Å². The minimum Gasteiger partial charge on any atom is -0.463 e. The highest BCUT2D eigenvalue weighted by molar-refractivity contribution is 5.75. The van der Waals surface area contributed by atoms with E-state index in [1.165, 1.54) is 12.8 Å². The van der Waals surface area contributed by atoms with Crippen LogP contribution in [-0.2, 0) is 9.53 Å². The quantitative estimate of drug-likeness (QED) is 0.540. The molecule has 0 aromatic heterocycles. The molecule has 0 spiro atoms. The highest BCUT2D eigenvalue weighted by Gasteiger charge is 2.23. The number of unbranched alkanes of at least 4 members (excludes halogenated alkanes) is 3. The van der Waals surface area contributed by atoms with E-state index in [0.29, 0.717) is 0 Å². The summed E-state index contributed by atoms with van der Waals surface area (Å²) in [4.78, 5) is 11.4. The van der Waals surface area contributed by atoms with Crippen molar-refractivity contribution in [3.05, 3.63) is 0 Å². The van der Waals surface area contributed by atoms with Crippen molar-refractivity contribution in [2.45, 2.75) is 65.9 Å². The summed E-state index contributed by atoms with van der Waals surface area (Å²) in [5.41, 5.74) is -0.484. The molecule has 0 bridgehead atoms. The molecule has 1 atom stereocenters. The lowest BCUT2D eigenvalue weighted by Crippen LogP contribution is -2.27. The smallest absolute Gasteiger partial charge is 0.311 e. The molecule has 0 heterocycles. The van der Waals surface area contributed by atoms with E-state index in [-0.39, 0.29) is 12.6 Å². The fourth-order valence-corrected chi connectivity index (χ4v) is 1.28. The monoisotopic (exact) mass is 230 g/mol. The third-order valence-corrected chi connectivity index (χ3v) is 2.41. The minimum atomic E-state index is -0.511. The van der Waals surface area contributed by atoms with Gasteiger partial charge in [-0.05, 0) is 27.2 Å². The van der Waals surface area contributed by atoms with Crippen LogP contribution in [0.4, 0.5) is 0 Å². The zero-order valence-electron chi connectivity index (χ0n) is 11.1. The largest absolute Gasteiger partial charge is 0.463 e. The summed E-state index contributed by atoms with van der Waals surface area (Å²) < 4.78 is 5.04. The van der Waals surface area contributed by atoms with Crippen LogP contribution in [0.2, 0.25) is 0 Å². The summed E-state index contributed by atoms with van der Waals surface area (Å²) in [6, 6.07) is 0. The van der Waals surface area contributed by atoms with Gasteiger partial charge in [0.25, 0.3) is 0 Å². The Balaban J connectivity index is 3.57. The molecule has 0 aromatic rings. The van der Waals surface area contributed by atoms with Gasteiger partial charge in [0.05, 0.1) is 11.5 Å². The van der Waals surface area contributed by atoms with Crippen molar-refractivity contribution in [2.24, 2.45) is 5.41 Å². The molecule has 0 fully saturated rings. The van der Waals surface area contributed by atoms with Gasteiger partial charge in [-0.2, -0.15) is 0 Å². The van der Waals surface area contributed by atoms with E-state index >= 15 is 0 Å². The molecule has 3 nitrogen and oxygen atoms in total. The average Bonchev–Trinajstić information content (AvgIpc) is 2.19. The Bertz CT molecular complexity index is 194. The molecule has 0 aromatic carbocycles. The van der Waals surface area contributed by atoms with E-state index in [2.05, 4.69) is 6.92 Å². The van der Waals surface area contributed by atoms with Crippen LogP contribution in [0.5, 0.6) is 0 Å². The Morgan fingerprint density at radius 3 is 2.38 bits per heavy atom. The van der Waals surface area contributed by atoms with Gasteiger partial charge in [-0.15, -0.1) is 0 Å². The molecule has 0 aliphatic carbocycles. The Morgan fingerprint density at radius 1 is 1.25 bits per heavy atom. The number of hydrogen-bond donors (Lipinski definition) is 1. The van der Waals surface area contributed by atoms with Gasteiger partial charge >= 0.3 is 5.97 Å². The molecule has 0 rings (SSSR count). The standard InChI is InChI=1S/C13H26O3/c1-5-6-7-8-9-11(14)10-16-12(15)13(2,3)4/h11,14H,5-10H2,1-4H3. The van der Waals surface area contributed by atoms with Crippen molar-refractivity contribution in [1.29, 1.82) is 0 Å². The predicted molar refractivity (Wildman–Crippen MR) is 65.2 cm³/mol. The van der Waals surface area contributed by atoms with Gasteiger partial charge in [0.1, 0.15) is 6.61 Å². The lowest BCUT2D eigenvalue weighted by molar-refractivity contribution is -0.156. The highest BCUT2D eigenvalue weighted by atomic mass is 16.5. The Morgan fingerprint density at radius 2 is 1.88 bits per heavy atom. The second kappa shape index (κ2) is 7.66. The molecule has 0 saturated carbocycles. The molecule has 0 amide bonds. The molecule has 16 heavy (non-hydrogen) atoms. The van der Waals surface area contributed by atoms with Gasteiger partial charge < -0.3 is 9.84 Å². The Hall–Kier alpha value is -0.570. The van der Waals surface area contributed by atoms with Crippen LogP contribution in [0.15, 0.2) is 0 Å². The van der Waals surface area contributed by atoms with Crippen LogP contribution in [0.1, 0.15) is 59.8 Å². The number of ether oxygens (including phenoxy) is 1. The minimum absolute atomic E-state index is 0.127. The number of aliphatic hydroxyl groups excluding tert-OH is 1. The van der Waals surface area contributed by atoms with E-state index in [1.807, 2.05) is 20.8 Å². The topological polar surface area (TPSA) is 46.5 Å². The summed E-state index contributed by atoms with van der Waals surface area (Å²) in [7, 11) is 0. The summed E-state index contributed by atoms with van der Waals surface area (Å²) in [6.07, 6.45) is 4.74.